The van der Waals surface area contributed by atoms with Crippen LogP contribution in [-0.2, 0) is 11.2 Å². The molecule has 6 heteroatoms. The number of carboxylic acids is 1. The van der Waals surface area contributed by atoms with Crippen molar-refractivity contribution < 1.29 is 9.90 Å². The van der Waals surface area contributed by atoms with Crippen LogP contribution in [0.4, 0.5) is 0 Å². The molecule has 16 heavy (non-hydrogen) atoms. The summed E-state index contributed by atoms with van der Waals surface area (Å²) in [6.45, 7) is 0. The van der Waals surface area contributed by atoms with Crippen molar-refractivity contribution >= 4 is 17.6 Å². The van der Waals surface area contributed by atoms with E-state index in [1.54, 1.807) is 24.3 Å². The molecule has 0 amide bonds. The van der Waals surface area contributed by atoms with Crippen LogP contribution in [0.5, 0.6) is 0 Å². The lowest BCUT2D eigenvalue weighted by Gasteiger charge is -2.03. The highest BCUT2D eigenvalue weighted by Crippen LogP contribution is 2.13. The molecule has 82 valence electrons. The number of aromatic nitrogens is 3. The monoisotopic (exact) mass is 237 g/mol. The van der Waals surface area contributed by atoms with E-state index in [4.69, 9.17) is 16.7 Å². The van der Waals surface area contributed by atoms with Crippen molar-refractivity contribution in [1.82, 2.24) is 14.8 Å². The minimum Gasteiger partial charge on any atom is -0.481 e. The Kier molecular flexibility index (Phi) is 2.87. The van der Waals surface area contributed by atoms with Crippen LogP contribution in [-0.4, -0.2) is 25.8 Å². The third kappa shape index (κ3) is 2.20. The second kappa shape index (κ2) is 4.32. The summed E-state index contributed by atoms with van der Waals surface area (Å²) in [5.41, 5.74) is 0.734. The molecule has 0 unspecified atom stereocenters. The van der Waals surface area contributed by atoms with Gasteiger partial charge in [0.25, 0.3) is 0 Å². The van der Waals surface area contributed by atoms with Crippen LogP contribution in [0, 0.1) is 0 Å². The average molecular weight is 238 g/mol. The zero-order valence-corrected chi connectivity index (χ0v) is 8.92. The van der Waals surface area contributed by atoms with Gasteiger partial charge in [0.2, 0.25) is 0 Å². The topological polar surface area (TPSA) is 68.0 Å². The summed E-state index contributed by atoms with van der Waals surface area (Å²) in [4.78, 5) is 14.5. The summed E-state index contributed by atoms with van der Waals surface area (Å²) in [5.74, 6) is -0.557. The lowest BCUT2D eigenvalue weighted by atomic mass is 10.3. The number of carbonyl (C=O) groups is 1. The van der Waals surface area contributed by atoms with Gasteiger partial charge in [0.1, 0.15) is 18.6 Å². The first-order valence-electron chi connectivity index (χ1n) is 4.53. The molecule has 1 heterocycles. The summed E-state index contributed by atoms with van der Waals surface area (Å²) in [7, 11) is 0. The number of aliphatic carboxylic acids is 1. The van der Waals surface area contributed by atoms with E-state index in [9.17, 15) is 4.79 Å². The van der Waals surface area contributed by atoms with Crippen LogP contribution < -0.4 is 0 Å². The smallest absolute Gasteiger partial charge is 0.311 e. The Morgan fingerprint density at radius 1 is 1.38 bits per heavy atom. The van der Waals surface area contributed by atoms with Crippen LogP contribution in [0.15, 0.2) is 30.6 Å². The summed E-state index contributed by atoms with van der Waals surface area (Å²) in [5, 5.41) is 13.3. The average Bonchev–Trinajstić information content (AvgIpc) is 2.66. The number of benzene rings is 1. The maximum Gasteiger partial charge on any atom is 0.311 e. The number of hydrogen-bond donors (Lipinski definition) is 1. The Morgan fingerprint density at radius 2 is 2.06 bits per heavy atom. The summed E-state index contributed by atoms with van der Waals surface area (Å²) in [6, 6.07) is 6.93. The molecule has 0 aliphatic heterocycles. The Labute approximate surface area is 96.3 Å². The minimum absolute atomic E-state index is 0.164. The van der Waals surface area contributed by atoms with E-state index in [2.05, 4.69) is 10.1 Å². The highest BCUT2D eigenvalue weighted by Gasteiger charge is 2.09. The van der Waals surface area contributed by atoms with Crippen LogP contribution in [0.2, 0.25) is 5.02 Å². The predicted molar refractivity (Wildman–Crippen MR) is 57.7 cm³/mol. The Morgan fingerprint density at radius 3 is 2.69 bits per heavy atom. The second-order valence-electron chi connectivity index (χ2n) is 3.14. The van der Waals surface area contributed by atoms with Gasteiger partial charge in [0.05, 0.1) is 5.69 Å². The lowest BCUT2D eigenvalue weighted by Crippen LogP contribution is -2.08. The first kappa shape index (κ1) is 10.6. The van der Waals surface area contributed by atoms with Crippen molar-refractivity contribution in [2.24, 2.45) is 0 Å². The van der Waals surface area contributed by atoms with Gasteiger partial charge in [-0.05, 0) is 24.3 Å². The van der Waals surface area contributed by atoms with Crippen LogP contribution in [0.25, 0.3) is 5.69 Å². The van der Waals surface area contributed by atoms with Gasteiger partial charge in [0, 0.05) is 5.02 Å². The van der Waals surface area contributed by atoms with Crippen LogP contribution >= 0.6 is 11.6 Å². The van der Waals surface area contributed by atoms with Crippen molar-refractivity contribution in [3.05, 3.63) is 41.4 Å². The summed E-state index contributed by atoms with van der Waals surface area (Å²) < 4.78 is 1.48. The van der Waals surface area contributed by atoms with E-state index in [-0.39, 0.29) is 6.42 Å². The van der Waals surface area contributed by atoms with E-state index in [1.807, 2.05) is 0 Å². The molecule has 0 saturated carbocycles. The third-order valence-electron chi connectivity index (χ3n) is 2.00. The molecule has 1 aromatic carbocycles. The molecule has 2 rings (SSSR count). The van der Waals surface area contributed by atoms with E-state index in [0.29, 0.717) is 10.8 Å². The molecule has 5 nitrogen and oxygen atoms in total. The molecule has 0 bridgehead atoms. The standard InChI is InChI=1S/C10H8ClN3O2/c11-7-1-3-8(4-2-7)14-9(5-10(15)16)12-6-13-14/h1-4,6H,5H2,(H,15,16). The van der Waals surface area contributed by atoms with Gasteiger partial charge in [-0.25, -0.2) is 9.67 Å². The van der Waals surface area contributed by atoms with Crippen molar-refractivity contribution in [1.29, 1.82) is 0 Å². The van der Waals surface area contributed by atoms with Crippen molar-refractivity contribution in [2.45, 2.75) is 6.42 Å². The molecular weight excluding hydrogens is 230 g/mol. The molecule has 0 aliphatic carbocycles. The van der Waals surface area contributed by atoms with Gasteiger partial charge in [0.15, 0.2) is 0 Å². The van der Waals surface area contributed by atoms with Crippen molar-refractivity contribution in [3.8, 4) is 5.69 Å². The molecule has 0 saturated heterocycles. The number of hydrogen-bond acceptors (Lipinski definition) is 3. The molecule has 0 fully saturated rings. The van der Waals surface area contributed by atoms with Gasteiger partial charge in [-0.3, -0.25) is 4.79 Å². The number of carboxylic acid groups (broad SMARTS) is 1. The van der Waals surface area contributed by atoms with Gasteiger partial charge in [-0.1, -0.05) is 11.6 Å². The Balaban J connectivity index is 2.36. The van der Waals surface area contributed by atoms with Gasteiger partial charge in [-0.2, -0.15) is 5.10 Å². The fourth-order valence-electron chi connectivity index (χ4n) is 1.32. The van der Waals surface area contributed by atoms with Gasteiger partial charge < -0.3 is 5.11 Å². The van der Waals surface area contributed by atoms with Gasteiger partial charge in [-0.15, -0.1) is 0 Å². The molecule has 2 aromatic rings. The van der Waals surface area contributed by atoms with Crippen molar-refractivity contribution in [3.63, 3.8) is 0 Å². The number of rotatable bonds is 3. The molecule has 1 aromatic heterocycles. The maximum absolute atomic E-state index is 10.6. The Hall–Kier alpha value is -1.88. The maximum atomic E-state index is 10.6. The quantitative estimate of drug-likeness (QED) is 0.880. The highest BCUT2D eigenvalue weighted by molar-refractivity contribution is 6.30. The zero-order valence-electron chi connectivity index (χ0n) is 8.17. The fourth-order valence-corrected chi connectivity index (χ4v) is 1.45. The number of nitrogens with zero attached hydrogens (tertiary/aromatic N) is 3. The van der Waals surface area contributed by atoms with E-state index in [0.717, 1.165) is 5.69 Å². The largest absolute Gasteiger partial charge is 0.481 e. The molecular formula is C10H8ClN3O2. The molecule has 0 radical (unpaired) electrons. The normalized spacial score (nSPS) is 10.3. The number of halogens is 1. The van der Waals surface area contributed by atoms with Crippen molar-refractivity contribution in [2.75, 3.05) is 0 Å². The Bertz CT molecular complexity index is 507. The molecule has 0 spiro atoms. The van der Waals surface area contributed by atoms with Crippen LogP contribution in [0.3, 0.4) is 0 Å². The van der Waals surface area contributed by atoms with Crippen LogP contribution in [0.1, 0.15) is 5.82 Å². The summed E-state index contributed by atoms with van der Waals surface area (Å²) in [6.07, 6.45) is 1.16. The zero-order chi connectivity index (χ0) is 11.5. The second-order valence-corrected chi connectivity index (χ2v) is 3.57. The molecule has 1 N–H and O–H groups in total. The molecule has 0 aliphatic rings. The minimum atomic E-state index is -0.941. The predicted octanol–water partition coefficient (Wildman–Crippen LogP) is 1.55. The third-order valence-corrected chi connectivity index (χ3v) is 2.25. The van der Waals surface area contributed by atoms with Gasteiger partial charge >= 0.3 is 5.97 Å². The van der Waals surface area contributed by atoms with E-state index < -0.39 is 5.97 Å². The summed E-state index contributed by atoms with van der Waals surface area (Å²) >= 11 is 5.76. The SMILES string of the molecule is O=C(O)Cc1ncnn1-c1ccc(Cl)cc1. The first-order chi connectivity index (χ1) is 7.66. The first-order valence-corrected chi connectivity index (χ1v) is 4.91. The highest BCUT2D eigenvalue weighted by atomic mass is 35.5. The fraction of sp³-hybridized carbons (Fsp3) is 0.100. The molecule has 0 atom stereocenters. The van der Waals surface area contributed by atoms with E-state index in [1.165, 1.54) is 11.0 Å². The lowest BCUT2D eigenvalue weighted by molar-refractivity contribution is -0.136. The van der Waals surface area contributed by atoms with E-state index >= 15 is 0 Å².